The normalized spacial score (nSPS) is 19.4. The van der Waals surface area contributed by atoms with Crippen LogP contribution in [0.15, 0.2) is 24.4 Å². The van der Waals surface area contributed by atoms with Crippen molar-refractivity contribution >= 4 is 10.9 Å². The molecule has 4 nitrogen and oxygen atoms in total. The molecule has 0 radical (unpaired) electrons. The number of benzene rings is 1. The fourth-order valence-electron chi connectivity index (χ4n) is 3.59. The molecule has 1 fully saturated rings. The zero-order valence-corrected chi connectivity index (χ0v) is 14.6. The summed E-state index contributed by atoms with van der Waals surface area (Å²) in [6, 6.07) is 6.07. The molecule has 2 aromatic rings. The molecule has 1 aliphatic heterocycles. The number of rotatable bonds is 7. The van der Waals surface area contributed by atoms with E-state index < -0.39 is 6.61 Å². The van der Waals surface area contributed by atoms with Crippen LogP contribution in [0, 0.1) is 5.92 Å². The average Bonchev–Trinajstić information content (AvgIpc) is 2.87. The number of hydrogen-bond donors (Lipinski definition) is 1. The number of alkyl halides is 2. The van der Waals surface area contributed by atoms with E-state index in [0.29, 0.717) is 0 Å². The Morgan fingerprint density at radius 3 is 2.96 bits per heavy atom. The zero-order valence-electron chi connectivity index (χ0n) is 14.6. The first kappa shape index (κ1) is 18.1. The molecule has 6 heteroatoms. The lowest BCUT2D eigenvalue weighted by Crippen LogP contribution is -2.27. The van der Waals surface area contributed by atoms with E-state index in [4.69, 9.17) is 4.74 Å². The van der Waals surface area contributed by atoms with Gasteiger partial charge in [0.25, 0.3) is 0 Å². The second kappa shape index (κ2) is 8.63. The lowest BCUT2D eigenvalue weighted by molar-refractivity contribution is -0.138. The Balaban J connectivity index is 1.53. The number of nitrogens with one attached hydrogen (secondary N) is 1. The highest BCUT2D eigenvalue weighted by Gasteiger charge is 2.19. The molecular weight excluding hydrogens is 326 g/mol. The predicted molar refractivity (Wildman–Crippen MR) is 94.3 cm³/mol. The quantitative estimate of drug-likeness (QED) is 0.816. The third-order valence-corrected chi connectivity index (χ3v) is 5.07. The molecule has 1 unspecified atom stereocenters. The van der Waals surface area contributed by atoms with Gasteiger partial charge in [-0.3, -0.25) is 0 Å². The molecule has 1 saturated heterocycles. The van der Waals surface area contributed by atoms with Gasteiger partial charge < -0.3 is 19.4 Å². The number of nitrogens with zero attached hydrogens (tertiary/aromatic N) is 1. The minimum absolute atomic E-state index is 0.174. The SMILES string of the molecule is COc1ccc2[nH]cc(CCN3CCCC(COC(F)F)CC3)c2c1. The summed E-state index contributed by atoms with van der Waals surface area (Å²) in [7, 11) is 1.68. The van der Waals surface area contributed by atoms with Crippen LogP contribution in [0.25, 0.3) is 10.9 Å². The van der Waals surface area contributed by atoms with Gasteiger partial charge in [-0.25, -0.2) is 0 Å². The summed E-state index contributed by atoms with van der Waals surface area (Å²) in [5.74, 6) is 1.11. The van der Waals surface area contributed by atoms with Crippen LogP contribution in [0.4, 0.5) is 8.78 Å². The highest BCUT2D eigenvalue weighted by molar-refractivity contribution is 5.84. The number of halogens is 2. The summed E-state index contributed by atoms with van der Waals surface area (Å²) in [6.07, 6.45) is 5.97. The third-order valence-electron chi connectivity index (χ3n) is 5.07. The lowest BCUT2D eigenvalue weighted by Gasteiger charge is -2.20. The van der Waals surface area contributed by atoms with Gasteiger partial charge in [0, 0.05) is 23.6 Å². The van der Waals surface area contributed by atoms with Crippen molar-refractivity contribution in [2.75, 3.05) is 33.4 Å². The number of aromatic amines is 1. The zero-order chi connectivity index (χ0) is 17.6. The topological polar surface area (TPSA) is 37.5 Å². The molecule has 1 aromatic heterocycles. The van der Waals surface area contributed by atoms with Gasteiger partial charge in [0.15, 0.2) is 0 Å². The maximum absolute atomic E-state index is 12.2. The van der Waals surface area contributed by atoms with Crippen LogP contribution in [0.1, 0.15) is 24.8 Å². The van der Waals surface area contributed by atoms with Crippen LogP contribution in [-0.4, -0.2) is 49.8 Å². The van der Waals surface area contributed by atoms with E-state index >= 15 is 0 Å². The molecule has 138 valence electrons. The summed E-state index contributed by atoms with van der Waals surface area (Å²) >= 11 is 0. The predicted octanol–water partition coefficient (Wildman–Crippen LogP) is 4.06. The molecule has 25 heavy (non-hydrogen) atoms. The van der Waals surface area contributed by atoms with E-state index in [0.717, 1.165) is 56.6 Å². The molecule has 1 aliphatic rings. The van der Waals surface area contributed by atoms with Crippen molar-refractivity contribution in [1.82, 2.24) is 9.88 Å². The van der Waals surface area contributed by atoms with Gasteiger partial charge in [-0.05, 0) is 68.5 Å². The third kappa shape index (κ3) is 4.92. The number of likely N-dealkylation sites (tertiary alicyclic amines) is 1. The first-order valence-corrected chi connectivity index (χ1v) is 8.92. The van der Waals surface area contributed by atoms with Crippen molar-refractivity contribution in [1.29, 1.82) is 0 Å². The highest BCUT2D eigenvalue weighted by Crippen LogP contribution is 2.25. The fraction of sp³-hybridized carbons (Fsp3) is 0.579. The van der Waals surface area contributed by atoms with E-state index in [1.807, 2.05) is 12.1 Å². The molecule has 1 aromatic carbocycles. The Morgan fingerprint density at radius 1 is 1.28 bits per heavy atom. The molecule has 2 heterocycles. The van der Waals surface area contributed by atoms with Crippen LogP contribution in [0.3, 0.4) is 0 Å². The molecule has 0 aliphatic carbocycles. The Labute approximate surface area is 147 Å². The molecule has 0 bridgehead atoms. The maximum atomic E-state index is 12.2. The Hall–Kier alpha value is -1.66. The summed E-state index contributed by atoms with van der Waals surface area (Å²) in [5.41, 5.74) is 2.41. The van der Waals surface area contributed by atoms with Gasteiger partial charge in [-0.1, -0.05) is 0 Å². The van der Waals surface area contributed by atoms with E-state index in [9.17, 15) is 8.78 Å². The van der Waals surface area contributed by atoms with Gasteiger partial charge in [-0.15, -0.1) is 0 Å². The molecule has 3 rings (SSSR count). The summed E-state index contributed by atoms with van der Waals surface area (Å²) < 4.78 is 34.2. The van der Waals surface area contributed by atoms with Crippen molar-refractivity contribution in [3.8, 4) is 5.75 Å². The first-order valence-electron chi connectivity index (χ1n) is 8.92. The largest absolute Gasteiger partial charge is 0.497 e. The summed E-state index contributed by atoms with van der Waals surface area (Å²) in [4.78, 5) is 5.74. The van der Waals surface area contributed by atoms with Crippen LogP contribution >= 0.6 is 0 Å². The summed E-state index contributed by atoms with van der Waals surface area (Å²) in [6.45, 7) is 0.471. The Morgan fingerprint density at radius 2 is 2.16 bits per heavy atom. The smallest absolute Gasteiger partial charge is 0.345 e. The van der Waals surface area contributed by atoms with Gasteiger partial charge in [0.1, 0.15) is 5.75 Å². The van der Waals surface area contributed by atoms with Crippen LogP contribution in [0.5, 0.6) is 5.75 Å². The van der Waals surface area contributed by atoms with Crippen LogP contribution < -0.4 is 4.74 Å². The summed E-state index contributed by atoms with van der Waals surface area (Å²) in [5, 5.41) is 1.21. The van der Waals surface area contributed by atoms with Crippen molar-refractivity contribution in [2.24, 2.45) is 5.92 Å². The minimum atomic E-state index is -2.65. The van der Waals surface area contributed by atoms with Gasteiger partial charge in [0.2, 0.25) is 0 Å². The number of ether oxygens (including phenoxy) is 2. The van der Waals surface area contributed by atoms with Crippen molar-refractivity contribution in [3.63, 3.8) is 0 Å². The van der Waals surface area contributed by atoms with E-state index in [1.54, 1.807) is 7.11 Å². The van der Waals surface area contributed by atoms with Crippen molar-refractivity contribution < 1.29 is 18.3 Å². The molecule has 0 amide bonds. The molecule has 0 spiro atoms. The Kier molecular flexibility index (Phi) is 6.26. The monoisotopic (exact) mass is 352 g/mol. The minimum Gasteiger partial charge on any atom is -0.497 e. The Bertz CT molecular complexity index is 674. The van der Waals surface area contributed by atoms with Crippen LogP contribution in [-0.2, 0) is 11.2 Å². The van der Waals surface area contributed by atoms with E-state index in [1.165, 1.54) is 10.9 Å². The van der Waals surface area contributed by atoms with Crippen molar-refractivity contribution in [3.05, 3.63) is 30.0 Å². The van der Waals surface area contributed by atoms with Gasteiger partial charge in [0.05, 0.1) is 13.7 Å². The average molecular weight is 352 g/mol. The lowest BCUT2D eigenvalue weighted by atomic mass is 10.0. The number of hydrogen-bond acceptors (Lipinski definition) is 3. The van der Waals surface area contributed by atoms with Crippen LogP contribution in [0.2, 0.25) is 0 Å². The second-order valence-corrected chi connectivity index (χ2v) is 6.71. The maximum Gasteiger partial charge on any atom is 0.345 e. The number of methoxy groups -OCH3 is 1. The fourth-order valence-corrected chi connectivity index (χ4v) is 3.59. The molecule has 0 saturated carbocycles. The first-order chi connectivity index (χ1) is 12.2. The molecular formula is C19H26F2N2O2. The molecule has 1 N–H and O–H groups in total. The van der Waals surface area contributed by atoms with E-state index in [-0.39, 0.29) is 12.5 Å². The number of H-pyrrole nitrogens is 1. The highest BCUT2D eigenvalue weighted by atomic mass is 19.3. The molecule has 1 atom stereocenters. The van der Waals surface area contributed by atoms with Gasteiger partial charge in [-0.2, -0.15) is 8.78 Å². The van der Waals surface area contributed by atoms with Crippen molar-refractivity contribution in [2.45, 2.75) is 32.3 Å². The van der Waals surface area contributed by atoms with E-state index in [2.05, 4.69) is 26.9 Å². The standard InChI is InChI=1S/C19H26F2N2O2/c1-24-16-4-5-18-17(11-16)15(12-22-18)7-10-23-8-2-3-14(6-9-23)13-25-19(20)21/h4-5,11-12,14,19,22H,2-3,6-10,13H2,1H3. The number of aromatic nitrogens is 1. The number of fused-ring (bicyclic) bond motifs is 1. The second-order valence-electron chi connectivity index (χ2n) is 6.71. The van der Waals surface area contributed by atoms with Gasteiger partial charge >= 0.3 is 6.61 Å².